The molecule has 0 saturated carbocycles. The van der Waals surface area contributed by atoms with Crippen LogP contribution < -0.4 is 10.1 Å². The van der Waals surface area contributed by atoms with E-state index in [0.717, 1.165) is 16.7 Å². The van der Waals surface area contributed by atoms with Crippen LogP contribution >= 0.6 is 23.2 Å². The van der Waals surface area contributed by atoms with Crippen molar-refractivity contribution in [2.24, 2.45) is 0 Å². The summed E-state index contributed by atoms with van der Waals surface area (Å²) in [5.41, 5.74) is 2.81. The molecular weight excluding hydrogens is 471 g/mol. The van der Waals surface area contributed by atoms with Gasteiger partial charge in [-0.25, -0.2) is 0 Å². The first-order valence-corrected chi connectivity index (χ1v) is 11.9. The molecule has 2 amide bonds. The summed E-state index contributed by atoms with van der Waals surface area (Å²) >= 11 is 12.3. The molecule has 0 spiro atoms. The van der Waals surface area contributed by atoms with Gasteiger partial charge in [-0.05, 0) is 49.2 Å². The highest BCUT2D eigenvalue weighted by Crippen LogP contribution is 2.24. The fourth-order valence-corrected chi connectivity index (χ4v) is 3.86. The SMILES string of the molecule is CCNC(=O)[C@H](Cc1ccccc1)N(Cc1ccc(Cl)c(Cl)c1)C(=O)COc1ccc(C)cc1. The molecule has 0 bridgehead atoms. The fourth-order valence-electron chi connectivity index (χ4n) is 3.54. The molecule has 0 fully saturated rings. The summed E-state index contributed by atoms with van der Waals surface area (Å²) in [6.07, 6.45) is 0.365. The minimum Gasteiger partial charge on any atom is -0.484 e. The number of halogens is 2. The van der Waals surface area contributed by atoms with Crippen LogP contribution in [0.4, 0.5) is 0 Å². The third kappa shape index (κ3) is 7.24. The van der Waals surface area contributed by atoms with E-state index >= 15 is 0 Å². The number of benzene rings is 3. The van der Waals surface area contributed by atoms with E-state index in [0.29, 0.717) is 28.8 Å². The average Bonchev–Trinajstić information content (AvgIpc) is 2.83. The first-order chi connectivity index (χ1) is 16.4. The summed E-state index contributed by atoms with van der Waals surface area (Å²) in [4.78, 5) is 28.1. The fraction of sp³-hybridized carbons (Fsp3) is 0.259. The highest BCUT2D eigenvalue weighted by Gasteiger charge is 2.30. The van der Waals surface area contributed by atoms with Crippen molar-refractivity contribution < 1.29 is 14.3 Å². The molecule has 3 rings (SSSR count). The lowest BCUT2D eigenvalue weighted by atomic mass is 10.0. The van der Waals surface area contributed by atoms with Gasteiger partial charge in [-0.15, -0.1) is 0 Å². The number of hydrogen-bond acceptors (Lipinski definition) is 3. The third-order valence-electron chi connectivity index (χ3n) is 5.34. The maximum atomic E-state index is 13.4. The normalized spacial score (nSPS) is 11.5. The van der Waals surface area contributed by atoms with Crippen LogP contribution in [0.5, 0.6) is 5.75 Å². The van der Waals surface area contributed by atoms with Gasteiger partial charge in [0.1, 0.15) is 11.8 Å². The number of carbonyl (C=O) groups excluding carboxylic acids is 2. The van der Waals surface area contributed by atoms with Crippen molar-refractivity contribution in [2.45, 2.75) is 32.9 Å². The van der Waals surface area contributed by atoms with Crippen LogP contribution in [0, 0.1) is 6.92 Å². The Kier molecular flexibility index (Phi) is 9.37. The Morgan fingerprint density at radius 2 is 1.65 bits per heavy atom. The van der Waals surface area contributed by atoms with Crippen molar-refractivity contribution in [3.8, 4) is 5.75 Å². The van der Waals surface area contributed by atoms with E-state index in [1.54, 1.807) is 23.1 Å². The monoisotopic (exact) mass is 498 g/mol. The second-order valence-corrected chi connectivity index (χ2v) is 8.79. The first kappa shape index (κ1) is 25.6. The van der Waals surface area contributed by atoms with Gasteiger partial charge in [-0.1, -0.05) is 77.3 Å². The van der Waals surface area contributed by atoms with Crippen LogP contribution in [-0.2, 0) is 22.6 Å². The number of hydrogen-bond donors (Lipinski definition) is 1. The van der Waals surface area contributed by atoms with E-state index in [1.165, 1.54) is 0 Å². The molecule has 178 valence electrons. The molecule has 0 aliphatic rings. The molecule has 0 aromatic heterocycles. The van der Waals surface area contributed by atoms with E-state index < -0.39 is 6.04 Å². The molecule has 34 heavy (non-hydrogen) atoms. The predicted octanol–water partition coefficient (Wildman–Crippen LogP) is 5.46. The van der Waals surface area contributed by atoms with Gasteiger partial charge in [0, 0.05) is 19.5 Å². The van der Waals surface area contributed by atoms with Crippen LogP contribution in [0.15, 0.2) is 72.8 Å². The van der Waals surface area contributed by atoms with E-state index in [9.17, 15) is 9.59 Å². The number of aryl methyl sites for hydroxylation is 1. The molecule has 7 heteroatoms. The van der Waals surface area contributed by atoms with Gasteiger partial charge < -0.3 is 15.0 Å². The summed E-state index contributed by atoms with van der Waals surface area (Å²) in [7, 11) is 0. The van der Waals surface area contributed by atoms with Crippen LogP contribution in [0.2, 0.25) is 10.0 Å². The number of carbonyl (C=O) groups is 2. The van der Waals surface area contributed by atoms with E-state index in [2.05, 4.69) is 5.32 Å². The van der Waals surface area contributed by atoms with Crippen LogP contribution in [-0.4, -0.2) is 35.9 Å². The first-order valence-electron chi connectivity index (χ1n) is 11.1. The zero-order chi connectivity index (χ0) is 24.5. The van der Waals surface area contributed by atoms with E-state index in [-0.39, 0.29) is 25.0 Å². The topological polar surface area (TPSA) is 58.6 Å². The second kappa shape index (κ2) is 12.4. The third-order valence-corrected chi connectivity index (χ3v) is 6.08. The highest BCUT2D eigenvalue weighted by molar-refractivity contribution is 6.42. The van der Waals surface area contributed by atoms with Gasteiger partial charge in [0.15, 0.2) is 6.61 Å². The Labute approximate surface area is 210 Å². The number of rotatable bonds is 10. The summed E-state index contributed by atoms with van der Waals surface area (Å²) < 4.78 is 5.75. The lowest BCUT2D eigenvalue weighted by Gasteiger charge is -2.31. The standard InChI is InChI=1S/C27H28Cl2N2O3/c1-3-30-27(33)25(16-20-7-5-4-6-8-20)31(17-21-11-14-23(28)24(29)15-21)26(32)18-34-22-12-9-19(2)10-13-22/h4-15,25H,3,16-18H2,1-2H3,(H,30,33)/t25-/m0/s1. The van der Waals surface area contributed by atoms with Crippen molar-refractivity contribution >= 4 is 35.0 Å². The predicted molar refractivity (Wildman–Crippen MR) is 136 cm³/mol. The molecule has 0 aliphatic heterocycles. The van der Waals surface area contributed by atoms with Gasteiger partial charge in [-0.3, -0.25) is 9.59 Å². The van der Waals surface area contributed by atoms with Crippen molar-refractivity contribution in [3.05, 3.63) is 99.5 Å². The summed E-state index contributed by atoms with van der Waals surface area (Å²) in [6.45, 7) is 4.27. The van der Waals surface area contributed by atoms with Crippen molar-refractivity contribution in [1.82, 2.24) is 10.2 Å². The minimum atomic E-state index is -0.731. The molecule has 0 saturated heterocycles. The van der Waals surface area contributed by atoms with Gasteiger partial charge in [0.25, 0.3) is 5.91 Å². The Hall–Kier alpha value is -3.02. The molecule has 0 aliphatic carbocycles. The van der Waals surface area contributed by atoms with Gasteiger partial charge in [0.2, 0.25) is 5.91 Å². The minimum absolute atomic E-state index is 0.182. The lowest BCUT2D eigenvalue weighted by Crippen LogP contribution is -2.51. The Bertz CT molecular complexity index is 1100. The van der Waals surface area contributed by atoms with Gasteiger partial charge in [-0.2, -0.15) is 0 Å². The van der Waals surface area contributed by atoms with Gasteiger partial charge in [0.05, 0.1) is 10.0 Å². The van der Waals surface area contributed by atoms with Gasteiger partial charge >= 0.3 is 0 Å². The summed E-state index contributed by atoms with van der Waals surface area (Å²) in [6, 6.07) is 21.6. The average molecular weight is 499 g/mol. The maximum Gasteiger partial charge on any atom is 0.261 e. The molecule has 0 heterocycles. The summed E-state index contributed by atoms with van der Waals surface area (Å²) in [5, 5.41) is 3.68. The zero-order valence-corrected chi connectivity index (χ0v) is 20.8. The molecule has 3 aromatic rings. The van der Waals surface area contributed by atoms with Crippen LogP contribution in [0.25, 0.3) is 0 Å². The number of nitrogens with zero attached hydrogens (tertiary/aromatic N) is 1. The number of amides is 2. The maximum absolute atomic E-state index is 13.4. The van der Waals surface area contributed by atoms with Crippen molar-refractivity contribution in [1.29, 1.82) is 0 Å². The Balaban J connectivity index is 1.90. The van der Waals surface area contributed by atoms with E-state index in [4.69, 9.17) is 27.9 Å². The van der Waals surface area contributed by atoms with E-state index in [1.807, 2.05) is 68.4 Å². The highest BCUT2D eigenvalue weighted by atomic mass is 35.5. The Morgan fingerprint density at radius 3 is 2.29 bits per heavy atom. The quantitative estimate of drug-likeness (QED) is 0.403. The molecule has 1 N–H and O–H groups in total. The lowest BCUT2D eigenvalue weighted by molar-refractivity contribution is -0.142. The van der Waals surface area contributed by atoms with Crippen LogP contribution in [0.3, 0.4) is 0 Å². The molecule has 1 atom stereocenters. The number of likely N-dealkylation sites (N-methyl/N-ethyl adjacent to an activating group) is 1. The zero-order valence-electron chi connectivity index (χ0n) is 19.3. The summed E-state index contributed by atoms with van der Waals surface area (Å²) in [5.74, 6) is 0.0555. The van der Waals surface area contributed by atoms with Crippen LogP contribution in [0.1, 0.15) is 23.6 Å². The molecule has 3 aromatic carbocycles. The number of nitrogens with one attached hydrogen (secondary N) is 1. The molecule has 0 radical (unpaired) electrons. The smallest absolute Gasteiger partial charge is 0.261 e. The largest absolute Gasteiger partial charge is 0.484 e. The van der Waals surface area contributed by atoms with Crippen molar-refractivity contribution in [3.63, 3.8) is 0 Å². The molecule has 0 unspecified atom stereocenters. The second-order valence-electron chi connectivity index (χ2n) is 7.97. The molecule has 5 nitrogen and oxygen atoms in total. The van der Waals surface area contributed by atoms with Crippen molar-refractivity contribution in [2.75, 3.05) is 13.2 Å². The number of ether oxygens (including phenoxy) is 1. The molecular formula is C27H28Cl2N2O3. The Morgan fingerprint density at radius 1 is 0.941 bits per heavy atom.